The van der Waals surface area contributed by atoms with Crippen molar-refractivity contribution >= 4 is 16.6 Å². The van der Waals surface area contributed by atoms with E-state index >= 15 is 0 Å². The van der Waals surface area contributed by atoms with Crippen molar-refractivity contribution in [2.24, 2.45) is 7.05 Å². The quantitative estimate of drug-likeness (QED) is 0.712. The number of aryl methyl sites for hydroxylation is 1. The first-order chi connectivity index (χ1) is 6.81. The molecule has 72 valence electrons. The normalized spacial score (nSPS) is 10.4. The number of nitrogens with one attached hydrogen (secondary N) is 1. The second-order valence-electron chi connectivity index (χ2n) is 3.42. The highest BCUT2D eigenvalue weighted by molar-refractivity contribution is 5.79. The first-order valence-corrected chi connectivity index (χ1v) is 4.93. The molecule has 0 atom stereocenters. The van der Waals surface area contributed by atoms with Gasteiger partial charge in [0.1, 0.15) is 7.05 Å². The summed E-state index contributed by atoms with van der Waals surface area (Å²) >= 11 is 0. The van der Waals surface area contributed by atoms with Gasteiger partial charge in [-0.3, -0.25) is 0 Å². The van der Waals surface area contributed by atoms with E-state index in [0.29, 0.717) is 0 Å². The second kappa shape index (κ2) is 3.66. The van der Waals surface area contributed by atoms with Crippen molar-refractivity contribution in [3.63, 3.8) is 0 Å². The lowest BCUT2D eigenvalue weighted by Crippen LogP contribution is -2.27. The van der Waals surface area contributed by atoms with Crippen LogP contribution in [0.2, 0.25) is 0 Å². The van der Waals surface area contributed by atoms with Crippen LogP contribution in [-0.4, -0.2) is 6.54 Å². The molecule has 1 heterocycles. The lowest BCUT2D eigenvalue weighted by molar-refractivity contribution is -0.644. The Kier molecular flexibility index (Phi) is 2.35. The zero-order valence-electron chi connectivity index (χ0n) is 8.62. The molecule has 0 fully saturated rings. The Morgan fingerprint density at radius 1 is 1.29 bits per heavy atom. The number of anilines is 1. The Morgan fingerprint density at radius 3 is 2.93 bits per heavy atom. The summed E-state index contributed by atoms with van der Waals surface area (Å²) < 4.78 is 2.14. The van der Waals surface area contributed by atoms with Gasteiger partial charge >= 0.3 is 0 Å². The van der Waals surface area contributed by atoms with Gasteiger partial charge in [0.05, 0.1) is 0 Å². The fraction of sp³-hybridized carbons (Fsp3) is 0.250. The zero-order valence-corrected chi connectivity index (χ0v) is 8.62. The molecule has 2 heteroatoms. The summed E-state index contributed by atoms with van der Waals surface area (Å²) in [5.74, 6) is 0. The van der Waals surface area contributed by atoms with Crippen LogP contribution in [0.1, 0.15) is 6.92 Å². The summed E-state index contributed by atoms with van der Waals surface area (Å²) in [6.45, 7) is 3.07. The monoisotopic (exact) mass is 187 g/mol. The van der Waals surface area contributed by atoms with Gasteiger partial charge in [-0.25, -0.2) is 4.57 Å². The van der Waals surface area contributed by atoms with Crippen molar-refractivity contribution in [1.82, 2.24) is 0 Å². The Hall–Kier alpha value is -1.57. The predicted octanol–water partition coefficient (Wildman–Crippen LogP) is 2.10. The van der Waals surface area contributed by atoms with Crippen LogP contribution in [0.25, 0.3) is 10.9 Å². The molecule has 0 amide bonds. The van der Waals surface area contributed by atoms with E-state index in [1.165, 1.54) is 16.6 Å². The topological polar surface area (TPSA) is 15.9 Å². The highest BCUT2D eigenvalue weighted by atomic mass is 14.9. The molecule has 0 aliphatic rings. The number of aromatic nitrogens is 1. The van der Waals surface area contributed by atoms with Gasteiger partial charge in [-0.2, -0.15) is 0 Å². The SMILES string of the molecule is CCNc1ccc2ccc[n+](C)c2c1. The Balaban J connectivity index is 2.58. The van der Waals surface area contributed by atoms with Crippen molar-refractivity contribution in [1.29, 1.82) is 0 Å². The van der Waals surface area contributed by atoms with Crippen LogP contribution in [-0.2, 0) is 7.05 Å². The number of hydrogen-bond acceptors (Lipinski definition) is 1. The molecule has 0 spiro atoms. The van der Waals surface area contributed by atoms with Crippen LogP contribution in [0.3, 0.4) is 0 Å². The molecule has 0 saturated carbocycles. The number of benzene rings is 1. The summed E-state index contributed by atoms with van der Waals surface area (Å²) in [4.78, 5) is 0. The van der Waals surface area contributed by atoms with Crippen molar-refractivity contribution in [3.05, 3.63) is 36.5 Å². The molecule has 2 rings (SSSR count). The van der Waals surface area contributed by atoms with Gasteiger partial charge in [0.25, 0.3) is 0 Å². The molecule has 1 aromatic carbocycles. The Labute approximate surface area is 84.2 Å². The number of hydrogen-bond donors (Lipinski definition) is 1. The minimum absolute atomic E-state index is 0.960. The van der Waals surface area contributed by atoms with Crippen molar-refractivity contribution in [2.45, 2.75) is 6.92 Å². The van der Waals surface area contributed by atoms with E-state index in [-0.39, 0.29) is 0 Å². The fourth-order valence-electron chi connectivity index (χ4n) is 1.66. The maximum atomic E-state index is 3.31. The van der Waals surface area contributed by atoms with Crippen molar-refractivity contribution < 1.29 is 4.57 Å². The standard InChI is InChI=1S/C12H14N2/c1-3-13-11-7-6-10-5-4-8-14(2)12(10)9-11/h4-9H,3H2,1-2H3/p+1. The molecule has 1 N–H and O–H groups in total. The van der Waals surface area contributed by atoms with Crippen LogP contribution in [0.5, 0.6) is 0 Å². The molecular formula is C12H15N2+. The largest absolute Gasteiger partial charge is 0.385 e. The molecule has 0 saturated heterocycles. The lowest BCUT2D eigenvalue weighted by atomic mass is 10.2. The average molecular weight is 187 g/mol. The van der Waals surface area contributed by atoms with Gasteiger partial charge in [0, 0.05) is 29.8 Å². The van der Waals surface area contributed by atoms with Gasteiger partial charge in [-0.05, 0) is 25.1 Å². The Morgan fingerprint density at radius 2 is 2.14 bits per heavy atom. The molecule has 0 bridgehead atoms. The first kappa shape index (κ1) is 9.00. The molecule has 0 aliphatic carbocycles. The third-order valence-corrected chi connectivity index (χ3v) is 2.38. The first-order valence-electron chi connectivity index (χ1n) is 4.93. The summed E-state index contributed by atoms with van der Waals surface area (Å²) in [6, 6.07) is 10.6. The van der Waals surface area contributed by atoms with Gasteiger partial charge in [-0.15, -0.1) is 0 Å². The number of nitrogens with zero attached hydrogens (tertiary/aromatic N) is 1. The van der Waals surface area contributed by atoms with E-state index in [9.17, 15) is 0 Å². The molecule has 0 radical (unpaired) electrons. The summed E-state index contributed by atoms with van der Waals surface area (Å²) in [5.41, 5.74) is 2.44. The highest BCUT2D eigenvalue weighted by Gasteiger charge is 2.03. The van der Waals surface area contributed by atoms with Crippen molar-refractivity contribution in [2.75, 3.05) is 11.9 Å². The smallest absolute Gasteiger partial charge is 0.214 e. The third-order valence-electron chi connectivity index (χ3n) is 2.38. The minimum Gasteiger partial charge on any atom is -0.385 e. The minimum atomic E-state index is 0.960. The van der Waals surface area contributed by atoms with Gasteiger partial charge < -0.3 is 5.32 Å². The van der Waals surface area contributed by atoms with Crippen molar-refractivity contribution in [3.8, 4) is 0 Å². The predicted molar refractivity (Wildman–Crippen MR) is 59.3 cm³/mol. The number of rotatable bonds is 2. The lowest BCUT2D eigenvalue weighted by Gasteiger charge is -2.03. The van der Waals surface area contributed by atoms with E-state index in [4.69, 9.17) is 0 Å². The van der Waals surface area contributed by atoms with Crippen LogP contribution in [0.15, 0.2) is 36.5 Å². The average Bonchev–Trinajstić information content (AvgIpc) is 2.20. The second-order valence-corrected chi connectivity index (χ2v) is 3.42. The van der Waals surface area contributed by atoms with E-state index in [0.717, 1.165) is 6.54 Å². The van der Waals surface area contributed by atoms with Gasteiger partial charge in [0.2, 0.25) is 5.52 Å². The maximum Gasteiger partial charge on any atom is 0.214 e. The summed E-state index contributed by atoms with van der Waals surface area (Å²) in [6.07, 6.45) is 2.07. The van der Waals surface area contributed by atoms with Crippen LogP contribution in [0.4, 0.5) is 5.69 Å². The van der Waals surface area contributed by atoms with Gasteiger partial charge in [0.15, 0.2) is 6.20 Å². The van der Waals surface area contributed by atoms with Gasteiger partial charge in [-0.1, -0.05) is 0 Å². The molecule has 0 aliphatic heterocycles. The molecule has 0 unspecified atom stereocenters. The molecule has 1 aromatic heterocycles. The third kappa shape index (κ3) is 1.55. The maximum absolute atomic E-state index is 3.31. The Bertz CT molecular complexity index is 449. The molecule has 2 aromatic rings. The van der Waals surface area contributed by atoms with E-state index < -0.39 is 0 Å². The molecular weight excluding hydrogens is 172 g/mol. The van der Waals surface area contributed by atoms with Crippen LogP contribution >= 0.6 is 0 Å². The fourth-order valence-corrected chi connectivity index (χ4v) is 1.66. The number of fused-ring (bicyclic) bond motifs is 1. The molecule has 2 nitrogen and oxygen atoms in total. The van der Waals surface area contributed by atoms with Crippen LogP contribution < -0.4 is 9.88 Å². The summed E-state index contributed by atoms with van der Waals surface area (Å²) in [5, 5.41) is 4.59. The van der Waals surface area contributed by atoms with E-state index in [1.807, 2.05) is 0 Å². The highest BCUT2D eigenvalue weighted by Crippen LogP contribution is 2.15. The zero-order chi connectivity index (χ0) is 9.97. The van der Waals surface area contributed by atoms with E-state index in [1.54, 1.807) is 0 Å². The number of pyridine rings is 1. The summed E-state index contributed by atoms with van der Waals surface area (Å²) in [7, 11) is 2.07. The van der Waals surface area contributed by atoms with Crippen LogP contribution in [0, 0.1) is 0 Å². The van der Waals surface area contributed by atoms with E-state index in [2.05, 4.69) is 60.4 Å². The molecule has 14 heavy (non-hydrogen) atoms.